The van der Waals surface area contributed by atoms with Gasteiger partial charge in [0.2, 0.25) is 0 Å². The van der Waals surface area contributed by atoms with Gasteiger partial charge in [-0.15, -0.1) is 0 Å². The maximum absolute atomic E-state index is 12.7. The van der Waals surface area contributed by atoms with E-state index in [-0.39, 0.29) is 23.8 Å². The van der Waals surface area contributed by atoms with Gasteiger partial charge in [-0.1, -0.05) is 36.4 Å². The second-order valence-corrected chi connectivity index (χ2v) is 8.36. The van der Waals surface area contributed by atoms with E-state index in [1.165, 1.54) is 5.56 Å². The normalized spacial score (nSPS) is 20.9. The Kier molecular flexibility index (Phi) is 4.81. The number of carbonyl (C=O) groups is 1. The fourth-order valence-electron chi connectivity index (χ4n) is 4.93. The van der Waals surface area contributed by atoms with Crippen molar-refractivity contribution in [3.63, 3.8) is 0 Å². The zero-order valence-electron chi connectivity index (χ0n) is 18.0. The minimum absolute atomic E-state index is 0.00337. The van der Waals surface area contributed by atoms with Gasteiger partial charge in [-0.2, -0.15) is 0 Å². The van der Waals surface area contributed by atoms with Crippen LogP contribution in [-0.4, -0.2) is 38.6 Å². The molecule has 1 amide bonds. The molecule has 0 aliphatic carbocycles. The number of nitrogens with one attached hydrogen (secondary N) is 1. The molecule has 3 atom stereocenters. The van der Waals surface area contributed by atoms with Gasteiger partial charge in [0.15, 0.2) is 0 Å². The number of carbonyl (C=O) groups excluding carboxylic acids is 1. The van der Waals surface area contributed by atoms with Gasteiger partial charge in [-0.3, -0.25) is 4.79 Å². The van der Waals surface area contributed by atoms with Gasteiger partial charge in [0, 0.05) is 37.2 Å². The highest BCUT2D eigenvalue weighted by Gasteiger charge is 2.43. The molecule has 31 heavy (non-hydrogen) atoms. The molecule has 2 aliphatic heterocycles. The topological polar surface area (TPSA) is 50.8 Å². The summed E-state index contributed by atoms with van der Waals surface area (Å²) < 4.78 is 11.9. The van der Waals surface area contributed by atoms with Crippen molar-refractivity contribution in [3.05, 3.63) is 89.0 Å². The average molecular weight is 415 g/mol. The smallest absolute Gasteiger partial charge is 0.253 e. The van der Waals surface area contributed by atoms with Crippen LogP contribution in [-0.2, 0) is 0 Å². The minimum atomic E-state index is 0.00337. The lowest BCUT2D eigenvalue weighted by molar-refractivity contribution is 0.0827. The van der Waals surface area contributed by atoms with Crippen molar-refractivity contribution >= 4 is 11.6 Å². The summed E-state index contributed by atoms with van der Waals surface area (Å²) in [5.74, 6) is 1.94. The monoisotopic (exact) mass is 414 g/mol. The maximum atomic E-state index is 12.7. The van der Waals surface area contributed by atoms with Crippen LogP contribution in [0.4, 0.5) is 5.69 Å². The van der Waals surface area contributed by atoms with Gasteiger partial charge < -0.3 is 19.7 Å². The van der Waals surface area contributed by atoms with Crippen molar-refractivity contribution in [2.75, 3.05) is 33.1 Å². The summed E-state index contributed by atoms with van der Waals surface area (Å²) in [6, 6.07) is 22.5. The van der Waals surface area contributed by atoms with Crippen molar-refractivity contribution in [1.82, 2.24) is 4.90 Å². The van der Waals surface area contributed by atoms with E-state index in [1.54, 1.807) is 26.1 Å². The van der Waals surface area contributed by atoms with Crippen molar-refractivity contribution in [1.29, 1.82) is 0 Å². The van der Waals surface area contributed by atoms with Crippen LogP contribution in [0.15, 0.2) is 66.7 Å². The third-order valence-corrected chi connectivity index (χ3v) is 6.35. The summed E-state index contributed by atoms with van der Waals surface area (Å²) >= 11 is 0. The summed E-state index contributed by atoms with van der Waals surface area (Å²) in [5, 5.41) is 3.74. The first kappa shape index (κ1) is 19.5. The fraction of sp³-hybridized carbons (Fsp3) is 0.269. The molecule has 3 aromatic rings. The van der Waals surface area contributed by atoms with E-state index in [9.17, 15) is 4.79 Å². The first-order valence-electron chi connectivity index (χ1n) is 10.5. The largest absolute Gasteiger partial charge is 0.496 e. The molecule has 3 aromatic carbocycles. The number of anilines is 1. The average Bonchev–Trinajstić information content (AvgIpc) is 2.81. The lowest BCUT2D eigenvalue weighted by atomic mass is 9.71. The Bertz CT molecular complexity index is 1110. The number of amides is 1. The number of rotatable bonds is 3. The van der Waals surface area contributed by atoms with E-state index < -0.39 is 0 Å². The number of benzene rings is 3. The predicted octanol–water partition coefficient (Wildman–Crippen LogP) is 4.70. The van der Waals surface area contributed by atoms with Crippen LogP contribution in [0.2, 0.25) is 0 Å². The van der Waals surface area contributed by atoms with Gasteiger partial charge in [-0.25, -0.2) is 0 Å². The van der Waals surface area contributed by atoms with E-state index >= 15 is 0 Å². The van der Waals surface area contributed by atoms with Crippen LogP contribution in [0.5, 0.6) is 11.5 Å². The highest BCUT2D eigenvalue weighted by Crippen LogP contribution is 2.53. The molecule has 1 N–H and O–H groups in total. The summed E-state index contributed by atoms with van der Waals surface area (Å²) in [6.45, 7) is 0.586. The van der Waals surface area contributed by atoms with Crippen LogP contribution in [0.25, 0.3) is 0 Å². The third kappa shape index (κ3) is 3.21. The molecule has 5 nitrogen and oxygen atoms in total. The van der Waals surface area contributed by atoms with Crippen molar-refractivity contribution < 1.29 is 14.3 Å². The Hall–Kier alpha value is -3.47. The van der Waals surface area contributed by atoms with Crippen LogP contribution in [0.3, 0.4) is 0 Å². The third-order valence-electron chi connectivity index (χ3n) is 6.35. The molecular formula is C26H26N2O3. The Morgan fingerprint density at radius 2 is 1.87 bits per heavy atom. The Morgan fingerprint density at radius 1 is 1.06 bits per heavy atom. The van der Waals surface area contributed by atoms with Gasteiger partial charge in [0.1, 0.15) is 11.5 Å². The number of fused-ring (bicyclic) bond motifs is 4. The van der Waals surface area contributed by atoms with Gasteiger partial charge >= 0.3 is 0 Å². The molecule has 0 radical (unpaired) electrons. The molecule has 0 unspecified atom stereocenters. The highest BCUT2D eigenvalue weighted by atomic mass is 16.5. The number of hydrogen-bond acceptors (Lipinski definition) is 4. The molecule has 0 saturated carbocycles. The molecule has 158 valence electrons. The van der Waals surface area contributed by atoms with Crippen molar-refractivity contribution in [2.24, 2.45) is 5.92 Å². The standard InChI is InChI=1S/C26H26N2O3/c1-28(2)26(29)17-12-13-20-18(14-17)23(16-8-5-4-6-9-16)19-15-31-22-11-7-10-21(30-3)24(22)25(19)27-20/h4-14,19,23,25,27H,15H2,1-3H3/t19-,23+,25+/m1/s1. The summed E-state index contributed by atoms with van der Waals surface area (Å²) in [6.07, 6.45) is 0. The first-order chi connectivity index (χ1) is 15.1. The van der Waals surface area contributed by atoms with Crippen LogP contribution < -0.4 is 14.8 Å². The molecule has 0 bridgehead atoms. The number of hydrogen-bond donors (Lipinski definition) is 1. The second kappa shape index (κ2) is 7.65. The number of ether oxygens (including phenoxy) is 2. The highest BCUT2D eigenvalue weighted by molar-refractivity contribution is 5.94. The van der Waals surface area contributed by atoms with Gasteiger partial charge in [-0.05, 0) is 41.5 Å². The lowest BCUT2D eigenvalue weighted by Gasteiger charge is -2.44. The SMILES string of the molecule is COc1cccc2c1[C@H]1Nc3ccc(C(=O)N(C)C)cc3[C@H](c3ccccc3)[C@H]1CO2. The van der Waals surface area contributed by atoms with E-state index in [2.05, 4.69) is 29.6 Å². The lowest BCUT2D eigenvalue weighted by Crippen LogP contribution is -2.39. The van der Waals surface area contributed by atoms with Crippen molar-refractivity contribution in [2.45, 2.75) is 12.0 Å². The molecule has 0 saturated heterocycles. The maximum Gasteiger partial charge on any atom is 0.253 e. The van der Waals surface area contributed by atoms with Gasteiger partial charge in [0.25, 0.3) is 5.91 Å². The zero-order valence-corrected chi connectivity index (χ0v) is 18.0. The van der Waals surface area contributed by atoms with Gasteiger partial charge in [0.05, 0.1) is 25.3 Å². The molecule has 0 fully saturated rings. The molecular weight excluding hydrogens is 388 g/mol. The van der Waals surface area contributed by atoms with Crippen molar-refractivity contribution in [3.8, 4) is 11.5 Å². The molecule has 0 aromatic heterocycles. The summed E-state index contributed by atoms with van der Waals surface area (Å²) in [4.78, 5) is 14.3. The number of methoxy groups -OCH3 is 1. The van der Waals surface area contributed by atoms with E-state index in [4.69, 9.17) is 9.47 Å². The Morgan fingerprint density at radius 3 is 2.61 bits per heavy atom. The predicted molar refractivity (Wildman–Crippen MR) is 121 cm³/mol. The second-order valence-electron chi connectivity index (χ2n) is 8.36. The fourth-order valence-corrected chi connectivity index (χ4v) is 4.93. The van der Waals surface area contributed by atoms with E-state index in [1.807, 2.05) is 42.5 Å². The van der Waals surface area contributed by atoms with Crippen LogP contribution >= 0.6 is 0 Å². The zero-order chi connectivity index (χ0) is 21.5. The van der Waals surface area contributed by atoms with E-state index in [0.717, 1.165) is 28.3 Å². The Balaban J connectivity index is 1.69. The van der Waals surface area contributed by atoms with E-state index in [0.29, 0.717) is 12.2 Å². The molecule has 2 aliphatic rings. The van der Waals surface area contributed by atoms with Crippen LogP contribution in [0.1, 0.15) is 39.0 Å². The molecule has 5 heteroatoms. The summed E-state index contributed by atoms with van der Waals surface area (Å²) in [7, 11) is 5.26. The molecule has 0 spiro atoms. The summed E-state index contributed by atoms with van der Waals surface area (Å²) in [5.41, 5.74) is 5.14. The minimum Gasteiger partial charge on any atom is -0.496 e. The molecule has 2 heterocycles. The van der Waals surface area contributed by atoms with Crippen LogP contribution in [0, 0.1) is 5.92 Å². The quantitative estimate of drug-likeness (QED) is 0.675. The Labute approximate surface area is 182 Å². The molecule has 5 rings (SSSR count). The first-order valence-corrected chi connectivity index (χ1v) is 10.5. The number of nitrogens with zero attached hydrogens (tertiary/aromatic N) is 1.